The smallest absolute Gasteiger partial charge is 0.263 e. The van der Waals surface area contributed by atoms with Gasteiger partial charge in [0, 0.05) is 20.1 Å². The Morgan fingerprint density at radius 2 is 2.07 bits per heavy atom. The van der Waals surface area contributed by atoms with Gasteiger partial charge in [0.15, 0.2) is 0 Å². The number of piperidine rings is 1. The van der Waals surface area contributed by atoms with E-state index in [0.717, 1.165) is 12.8 Å². The summed E-state index contributed by atoms with van der Waals surface area (Å²) in [4.78, 5) is 29.4. The summed E-state index contributed by atoms with van der Waals surface area (Å²) in [6, 6.07) is 9.48. The second kappa shape index (κ2) is 8.99. The molecule has 0 unspecified atom stereocenters. The number of rotatable bonds is 6. The minimum Gasteiger partial charge on any atom is -0.492 e. The normalized spacial score (nSPS) is 16.8. The van der Waals surface area contributed by atoms with Crippen LogP contribution in [0.5, 0.6) is 5.75 Å². The summed E-state index contributed by atoms with van der Waals surface area (Å²) >= 11 is 1.42. The maximum atomic E-state index is 12.9. The van der Waals surface area contributed by atoms with Gasteiger partial charge in [-0.05, 0) is 48.6 Å². The molecule has 2 heterocycles. The highest BCUT2D eigenvalue weighted by Crippen LogP contribution is 2.22. The first-order valence-corrected chi connectivity index (χ1v) is 9.88. The zero-order valence-electron chi connectivity index (χ0n) is 15.3. The fourth-order valence-corrected chi connectivity index (χ4v) is 3.86. The lowest BCUT2D eigenvalue weighted by atomic mass is 9.96. The van der Waals surface area contributed by atoms with Gasteiger partial charge in [0.1, 0.15) is 18.2 Å². The lowest BCUT2D eigenvalue weighted by Gasteiger charge is -2.33. The molecule has 7 heteroatoms. The first-order valence-electron chi connectivity index (χ1n) is 9.00. The van der Waals surface area contributed by atoms with Gasteiger partial charge in [-0.25, -0.2) is 4.39 Å². The standard InChI is InChI=1S/C20H23FN2O3S/c1-22(11-12-26-17-8-6-16(21)7-9-17)19(24)15-4-2-10-23(14-15)20(25)18-5-3-13-27-18/h3,5-9,13,15H,2,4,10-12,14H2,1H3/t15-/m0/s1. The quantitative estimate of drug-likeness (QED) is 0.761. The Morgan fingerprint density at radius 3 is 2.78 bits per heavy atom. The van der Waals surface area contributed by atoms with Gasteiger partial charge in [-0.3, -0.25) is 9.59 Å². The van der Waals surface area contributed by atoms with Crippen molar-refractivity contribution in [3.05, 3.63) is 52.5 Å². The van der Waals surface area contributed by atoms with Crippen LogP contribution >= 0.6 is 11.3 Å². The van der Waals surface area contributed by atoms with Crippen molar-refractivity contribution in [3.63, 3.8) is 0 Å². The highest BCUT2D eigenvalue weighted by molar-refractivity contribution is 7.12. The number of carbonyl (C=O) groups excluding carboxylic acids is 2. The van der Waals surface area contributed by atoms with Crippen LogP contribution in [0.3, 0.4) is 0 Å². The molecule has 2 aromatic rings. The Labute approximate surface area is 162 Å². The fraction of sp³-hybridized carbons (Fsp3) is 0.400. The molecule has 27 heavy (non-hydrogen) atoms. The molecule has 1 atom stereocenters. The van der Waals surface area contributed by atoms with E-state index in [1.165, 1.54) is 23.5 Å². The van der Waals surface area contributed by atoms with Crippen molar-refractivity contribution in [1.82, 2.24) is 9.80 Å². The van der Waals surface area contributed by atoms with Crippen LogP contribution in [-0.2, 0) is 4.79 Å². The second-order valence-electron chi connectivity index (χ2n) is 6.63. The second-order valence-corrected chi connectivity index (χ2v) is 7.58. The van der Waals surface area contributed by atoms with Gasteiger partial charge in [-0.15, -0.1) is 11.3 Å². The third-order valence-corrected chi connectivity index (χ3v) is 5.53. The molecule has 0 radical (unpaired) electrons. The Balaban J connectivity index is 1.48. The van der Waals surface area contributed by atoms with Crippen LogP contribution in [0, 0.1) is 11.7 Å². The van der Waals surface area contributed by atoms with Crippen molar-refractivity contribution < 1.29 is 18.7 Å². The molecular formula is C20H23FN2O3S. The molecule has 0 saturated carbocycles. The maximum absolute atomic E-state index is 12.9. The minimum absolute atomic E-state index is 0.00444. The Bertz CT molecular complexity index is 764. The van der Waals surface area contributed by atoms with Crippen LogP contribution in [0.15, 0.2) is 41.8 Å². The predicted molar refractivity (Wildman–Crippen MR) is 102 cm³/mol. The number of thiophene rings is 1. The van der Waals surface area contributed by atoms with E-state index in [1.54, 1.807) is 29.0 Å². The zero-order chi connectivity index (χ0) is 19.2. The summed E-state index contributed by atoms with van der Waals surface area (Å²) in [5, 5.41) is 1.88. The van der Waals surface area contributed by atoms with Crippen molar-refractivity contribution in [2.45, 2.75) is 12.8 Å². The number of likely N-dealkylation sites (N-methyl/N-ethyl adjacent to an activating group) is 1. The highest BCUT2D eigenvalue weighted by atomic mass is 32.1. The number of amides is 2. The van der Waals surface area contributed by atoms with Crippen molar-refractivity contribution in [1.29, 1.82) is 0 Å². The van der Waals surface area contributed by atoms with E-state index in [0.29, 0.717) is 36.9 Å². The molecule has 0 N–H and O–H groups in total. The van der Waals surface area contributed by atoms with E-state index >= 15 is 0 Å². The van der Waals surface area contributed by atoms with Crippen molar-refractivity contribution >= 4 is 23.2 Å². The van der Waals surface area contributed by atoms with Gasteiger partial charge in [0.25, 0.3) is 5.91 Å². The molecule has 1 aromatic heterocycles. The molecule has 0 bridgehead atoms. The summed E-state index contributed by atoms with van der Waals surface area (Å²) in [6.45, 7) is 1.92. The number of likely N-dealkylation sites (tertiary alicyclic amines) is 1. The predicted octanol–water partition coefficient (Wildman–Crippen LogP) is 3.28. The first kappa shape index (κ1) is 19.4. The lowest BCUT2D eigenvalue weighted by Crippen LogP contribution is -2.46. The molecule has 1 fully saturated rings. The van der Waals surface area contributed by atoms with E-state index < -0.39 is 0 Å². The molecule has 0 spiro atoms. The lowest BCUT2D eigenvalue weighted by molar-refractivity contribution is -0.135. The summed E-state index contributed by atoms with van der Waals surface area (Å²) in [7, 11) is 1.75. The van der Waals surface area contributed by atoms with E-state index in [2.05, 4.69) is 0 Å². The van der Waals surface area contributed by atoms with Crippen LogP contribution in [0.25, 0.3) is 0 Å². The Hall–Kier alpha value is -2.41. The van der Waals surface area contributed by atoms with Crippen LogP contribution in [0.2, 0.25) is 0 Å². The van der Waals surface area contributed by atoms with E-state index in [9.17, 15) is 14.0 Å². The van der Waals surface area contributed by atoms with Gasteiger partial charge < -0.3 is 14.5 Å². The monoisotopic (exact) mass is 390 g/mol. The first-order chi connectivity index (χ1) is 13.0. The van der Waals surface area contributed by atoms with E-state index in [4.69, 9.17) is 4.74 Å². The molecule has 1 saturated heterocycles. The van der Waals surface area contributed by atoms with Gasteiger partial charge >= 0.3 is 0 Å². The molecule has 1 aromatic carbocycles. The Kier molecular flexibility index (Phi) is 6.45. The topological polar surface area (TPSA) is 49.9 Å². The number of hydrogen-bond donors (Lipinski definition) is 0. The maximum Gasteiger partial charge on any atom is 0.263 e. The molecule has 3 rings (SSSR count). The minimum atomic E-state index is -0.311. The van der Waals surface area contributed by atoms with E-state index in [1.807, 2.05) is 17.5 Å². The molecule has 2 amide bonds. The third-order valence-electron chi connectivity index (χ3n) is 4.68. The van der Waals surface area contributed by atoms with Gasteiger partial charge in [-0.1, -0.05) is 6.07 Å². The highest BCUT2D eigenvalue weighted by Gasteiger charge is 2.30. The fourth-order valence-electron chi connectivity index (χ4n) is 3.17. The van der Waals surface area contributed by atoms with Crippen LogP contribution < -0.4 is 4.74 Å². The van der Waals surface area contributed by atoms with Gasteiger partial charge in [0.2, 0.25) is 5.91 Å². The number of benzene rings is 1. The third kappa shape index (κ3) is 5.07. The number of carbonyl (C=O) groups is 2. The molecule has 0 aliphatic carbocycles. The SMILES string of the molecule is CN(CCOc1ccc(F)cc1)C(=O)[C@H]1CCCN(C(=O)c2cccs2)C1. The molecule has 1 aliphatic heterocycles. The van der Waals surface area contributed by atoms with Crippen molar-refractivity contribution in [2.75, 3.05) is 33.3 Å². The molecule has 144 valence electrons. The largest absolute Gasteiger partial charge is 0.492 e. The average Bonchev–Trinajstić information content (AvgIpc) is 3.23. The van der Waals surface area contributed by atoms with Gasteiger partial charge in [-0.2, -0.15) is 0 Å². The Morgan fingerprint density at radius 1 is 1.30 bits per heavy atom. The van der Waals surface area contributed by atoms with E-state index in [-0.39, 0.29) is 23.5 Å². The molecule has 5 nitrogen and oxygen atoms in total. The number of nitrogens with zero attached hydrogens (tertiary/aromatic N) is 2. The van der Waals surface area contributed by atoms with Crippen molar-refractivity contribution in [2.24, 2.45) is 5.92 Å². The summed E-state index contributed by atoms with van der Waals surface area (Å²) in [5.41, 5.74) is 0. The van der Waals surface area contributed by atoms with Crippen LogP contribution in [0.1, 0.15) is 22.5 Å². The van der Waals surface area contributed by atoms with Crippen molar-refractivity contribution in [3.8, 4) is 5.75 Å². The van der Waals surface area contributed by atoms with Crippen LogP contribution in [0.4, 0.5) is 4.39 Å². The van der Waals surface area contributed by atoms with Gasteiger partial charge in [0.05, 0.1) is 17.3 Å². The summed E-state index contributed by atoms with van der Waals surface area (Å²) < 4.78 is 18.4. The molecule has 1 aliphatic rings. The molecular weight excluding hydrogens is 367 g/mol. The number of hydrogen-bond acceptors (Lipinski definition) is 4. The number of ether oxygens (including phenoxy) is 1. The zero-order valence-corrected chi connectivity index (χ0v) is 16.1. The summed E-state index contributed by atoms with van der Waals surface area (Å²) in [5.74, 6) is 0.112. The average molecular weight is 390 g/mol. The van der Waals surface area contributed by atoms with Crippen LogP contribution in [-0.4, -0.2) is 54.9 Å². The number of halogens is 1. The summed E-state index contributed by atoms with van der Waals surface area (Å²) in [6.07, 6.45) is 1.61.